The molecule has 2 heterocycles. The van der Waals surface area contributed by atoms with Gasteiger partial charge >= 0.3 is 5.97 Å². The van der Waals surface area contributed by atoms with E-state index in [-0.39, 0.29) is 24.6 Å². The van der Waals surface area contributed by atoms with Gasteiger partial charge in [0.05, 0.1) is 5.69 Å². The highest BCUT2D eigenvalue weighted by molar-refractivity contribution is 5.94. The third kappa shape index (κ3) is 4.38. The number of nitrogens with zero attached hydrogens (tertiary/aromatic N) is 2. The Labute approximate surface area is 155 Å². The molecule has 0 amide bonds. The lowest BCUT2D eigenvalue weighted by atomic mass is 10.1. The third-order valence-corrected chi connectivity index (χ3v) is 3.94. The van der Waals surface area contributed by atoms with Gasteiger partial charge in [-0.25, -0.2) is 9.78 Å². The third-order valence-electron chi connectivity index (χ3n) is 3.94. The van der Waals surface area contributed by atoms with Crippen molar-refractivity contribution in [2.24, 2.45) is 0 Å². The molecule has 27 heavy (non-hydrogen) atoms. The smallest absolute Gasteiger partial charge is 0.344 e. The normalized spacial score (nSPS) is 10.6. The zero-order chi connectivity index (χ0) is 19.4. The summed E-state index contributed by atoms with van der Waals surface area (Å²) >= 11 is 0. The van der Waals surface area contributed by atoms with Crippen LogP contribution in [0.15, 0.2) is 53.5 Å². The number of rotatable bonds is 6. The molecule has 138 valence electrons. The standard InChI is InChI=1S/C20H18N2O5/c1-13-4-3-9-22-18(24)10-16(21-20(13)22)11-27-19(25)12-26-17-7-5-15(6-8-17)14(2)23/h3-10H,11-12H2,1-2H3. The van der Waals surface area contributed by atoms with Gasteiger partial charge in [-0.2, -0.15) is 0 Å². The summed E-state index contributed by atoms with van der Waals surface area (Å²) < 4.78 is 11.9. The van der Waals surface area contributed by atoms with Crippen LogP contribution in [0, 0.1) is 6.92 Å². The maximum absolute atomic E-state index is 12.1. The zero-order valence-corrected chi connectivity index (χ0v) is 15.0. The summed E-state index contributed by atoms with van der Waals surface area (Å²) in [4.78, 5) is 39.6. The molecule has 0 fully saturated rings. The van der Waals surface area contributed by atoms with Crippen LogP contribution < -0.4 is 10.3 Å². The minimum atomic E-state index is -0.586. The molecule has 3 aromatic rings. The molecule has 0 atom stereocenters. The van der Waals surface area contributed by atoms with Crippen molar-refractivity contribution >= 4 is 17.4 Å². The Hall–Kier alpha value is -3.48. The van der Waals surface area contributed by atoms with Crippen LogP contribution in [0.25, 0.3) is 5.65 Å². The Morgan fingerprint density at radius 2 is 1.89 bits per heavy atom. The lowest BCUT2D eigenvalue weighted by Crippen LogP contribution is -2.19. The van der Waals surface area contributed by atoms with E-state index in [9.17, 15) is 14.4 Å². The number of carbonyl (C=O) groups is 2. The number of hydrogen-bond donors (Lipinski definition) is 0. The second kappa shape index (κ2) is 7.82. The van der Waals surface area contributed by atoms with Gasteiger partial charge in [0, 0.05) is 17.8 Å². The molecule has 2 aromatic heterocycles. The van der Waals surface area contributed by atoms with Crippen LogP contribution in [-0.2, 0) is 16.1 Å². The highest BCUT2D eigenvalue weighted by Crippen LogP contribution is 2.12. The van der Waals surface area contributed by atoms with E-state index in [1.807, 2.05) is 13.0 Å². The fourth-order valence-electron chi connectivity index (χ4n) is 2.51. The molecule has 0 aliphatic rings. The summed E-state index contributed by atoms with van der Waals surface area (Å²) in [6, 6.07) is 11.4. The van der Waals surface area contributed by atoms with Crippen molar-refractivity contribution in [3.63, 3.8) is 0 Å². The molecule has 0 N–H and O–H groups in total. The first-order chi connectivity index (χ1) is 12.9. The minimum absolute atomic E-state index is 0.0463. The van der Waals surface area contributed by atoms with Crippen molar-refractivity contribution < 1.29 is 19.1 Å². The maximum atomic E-state index is 12.1. The van der Waals surface area contributed by atoms with Crippen LogP contribution in [0.2, 0.25) is 0 Å². The van der Waals surface area contributed by atoms with Crippen molar-refractivity contribution in [2.45, 2.75) is 20.5 Å². The average Bonchev–Trinajstić information content (AvgIpc) is 2.66. The summed E-state index contributed by atoms with van der Waals surface area (Å²) in [6.45, 7) is 2.92. The number of fused-ring (bicyclic) bond motifs is 1. The fourth-order valence-corrected chi connectivity index (χ4v) is 2.51. The van der Waals surface area contributed by atoms with E-state index in [1.54, 1.807) is 36.5 Å². The van der Waals surface area contributed by atoms with Gasteiger partial charge in [-0.1, -0.05) is 6.07 Å². The first kappa shape index (κ1) is 18.3. The molecule has 0 aliphatic carbocycles. The average molecular weight is 366 g/mol. The molecule has 7 nitrogen and oxygen atoms in total. The van der Waals surface area contributed by atoms with Crippen LogP contribution >= 0.6 is 0 Å². The lowest BCUT2D eigenvalue weighted by Gasteiger charge is -2.08. The van der Waals surface area contributed by atoms with E-state index in [4.69, 9.17) is 9.47 Å². The Morgan fingerprint density at radius 3 is 2.59 bits per heavy atom. The molecule has 1 aromatic carbocycles. The molecule has 0 unspecified atom stereocenters. The van der Waals surface area contributed by atoms with Crippen molar-refractivity contribution in [1.29, 1.82) is 0 Å². The molecule has 0 saturated heterocycles. The van der Waals surface area contributed by atoms with E-state index in [0.29, 0.717) is 22.7 Å². The van der Waals surface area contributed by atoms with Crippen LogP contribution in [0.5, 0.6) is 5.75 Å². The number of Topliss-reactive ketones (excluding diaryl/α,β-unsaturated/α-hetero) is 1. The number of benzene rings is 1. The molecule has 0 saturated carbocycles. The summed E-state index contributed by atoms with van der Waals surface area (Å²) in [5.74, 6) is -0.179. The number of ketones is 1. The predicted molar refractivity (Wildman–Crippen MR) is 97.9 cm³/mol. The molecule has 0 aliphatic heterocycles. The Balaban J connectivity index is 1.59. The van der Waals surface area contributed by atoms with E-state index in [1.165, 1.54) is 17.4 Å². The van der Waals surface area contributed by atoms with Gasteiger partial charge in [-0.3, -0.25) is 14.0 Å². The Morgan fingerprint density at radius 1 is 1.15 bits per heavy atom. The fraction of sp³-hybridized carbons (Fsp3) is 0.200. The van der Waals surface area contributed by atoms with Gasteiger partial charge < -0.3 is 9.47 Å². The Kier molecular flexibility index (Phi) is 5.30. The SMILES string of the molecule is CC(=O)c1ccc(OCC(=O)OCc2cc(=O)n3cccc(C)c3n2)cc1. The van der Waals surface area contributed by atoms with Crippen molar-refractivity contribution in [2.75, 3.05) is 6.61 Å². The monoisotopic (exact) mass is 366 g/mol. The first-order valence-corrected chi connectivity index (χ1v) is 8.31. The highest BCUT2D eigenvalue weighted by Gasteiger charge is 2.09. The van der Waals surface area contributed by atoms with Crippen molar-refractivity contribution in [3.05, 3.63) is 75.8 Å². The first-order valence-electron chi connectivity index (χ1n) is 8.31. The van der Waals surface area contributed by atoms with Gasteiger partial charge in [-0.05, 0) is 49.7 Å². The second-order valence-corrected chi connectivity index (χ2v) is 6.00. The number of ether oxygens (including phenoxy) is 2. The highest BCUT2D eigenvalue weighted by atomic mass is 16.6. The minimum Gasteiger partial charge on any atom is -0.482 e. The summed E-state index contributed by atoms with van der Waals surface area (Å²) in [5, 5.41) is 0. The van der Waals surface area contributed by atoms with Crippen molar-refractivity contribution in [1.82, 2.24) is 9.38 Å². The molecule has 0 bridgehead atoms. The number of carbonyl (C=O) groups excluding carboxylic acids is 2. The molecular formula is C20H18N2O5. The van der Waals surface area contributed by atoms with E-state index in [2.05, 4.69) is 4.98 Å². The van der Waals surface area contributed by atoms with Gasteiger partial charge in [-0.15, -0.1) is 0 Å². The topological polar surface area (TPSA) is 87.0 Å². The summed E-state index contributed by atoms with van der Waals surface area (Å²) in [7, 11) is 0. The van der Waals surface area contributed by atoms with Crippen molar-refractivity contribution in [3.8, 4) is 5.75 Å². The Bertz CT molecular complexity index is 1050. The van der Waals surface area contributed by atoms with Crippen LogP contribution in [0.3, 0.4) is 0 Å². The molecule has 0 radical (unpaired) electrons. The quantitative estimate of drug-likeness (QED) is 0.492. The lowest BCUT2D eigenvalue weighted by molar-refractivity contribution is -0.147. The van der Waals surface area contributed by atoms with Gasteiger partial charge in [0.2, 0.25) is 0 Å². The number of pyridine rings is 1. The zero-order valence-electron chi connectivity index (χ0n) is 15.0. The second-order valence-electron chi connectivity index (χ2n) is 6.00. The summed E-state index contributed by atoms with van der Waals surface area (Å²) in [5.41, 5.74) is 2.07. The van der Waals surface area contributed by atoms with Crippen LogP contribution in [0.1, 0.15) is 28.5 Å². The molecule has 7 heteroatoms. The number of aryl methyl sites for hydroxylation is 1. The number of aromatic nitrogens is 2. The van der Waals surface area contributed by atoms with Crippen LogP contribution in [0.4, 0.5) is 0 Å². The van der Waals surface area contributed by atoms with Gasteiger partial charge in [0.1, 0.15) is 18.0 Å². The van der Waals surface area contributed by atoms with Crippen LogP contribution in [-0.4, -0.2) is 27.7 Å². The maximum Gasteiger partial charge on any atom is 0.344 e. The van der Waals surface area contributed by atoms with Gasteiger partial charge in [0.15, 0.2) is 12.4 Å². The summed E-state index contributed by atoms with van der Waals surface area (Å²) in [6.07, 6.45) is 1.64. The number of hydrogen-bond acceptors (Lipinski definition) is 6. The van der Waals surface area contributed by atoms with E-state index >= 15 is 0 Å². The molecular weight excluding hydrogens is 348 g/mol. The predicted octanol–water partition coefficient (Wildman–Crippen LogP) is 2.33. The number of esters is 1. The van der Waals surface area contributed by atoms with E-state index < -0.39 is 5.97 Å². The molecule has 3 rings (SSSR count). The molecule has 0 spiro atoms. The van der Waals surface area contributed by atoms with E-state index in [0.717, 1.165) is 5.56 Å². The van der Waals surface area contributed by atoms with Gasteiger partial charge in [0.25, 0.3) is 5.56 Å². The largest absolute Gasteiger partial charge is 0.482 e.